The Kier molecular flexibility index (Phi) is 6.22. The fraction of sp³-hybridized carbons (Fsp3) is 0.263. The molecular weight excluding hydrogens is 361 g/mol. The minimum absolute atomic E-state index is 0.0281. The number of benzene rings is 2. The zero-order valence-electron chi connectivity index (χ0n) is 14.5. The summed E-state index contributed by atoms with van der Waals surface area (Å²) >= 11 is 0. The molecule has 0 heterocycles. The topological polar surface area (TPSA) is 92.4 Å². The highest BCUT2D eigenvalue weighted by molar-refractivity contribution is 5.89. The number of nitrogens with two attached hydrogens (primary N) is 1. The van der Waals surface area contributed by atoms with E-state index in [9.17, 15) is 27.9 Å². The minimum Gasteiger partial charge on any atom is -0.378 e. The Morgan fingerprint density at radius 3 is 2.22 bits per heavy atom. The van der Waals surface area contributed by atoms with Crippen LogP contribution in [0.3, 0.4) is 0 Å². The number of hydrogen-bond donors (Lipinski definition) is 3. The maximum Gasteiger partial charge on any atom is 0.416 e. The number of aliphatic hydroxyl groups is 1. The summed E-state index contributed by atoms with van der Waals surface area (Å²) in [6, 6.07) is 9.71. The van der Waals surface area contributed by atoms with Crippen molar-refractivity contribution in [3.63, 3.8) is 0 Å². The van der Waals surface area contributed by atoms with E-state index in [1.165, 1.54) is 0 Å². The minimum atomic E-state index is -4.52. The van der Waals surface area contributed by atoms with Crippen LogP contribution >= 0.6 is 0 Å². The summed E-state index contributed by atoms with van der Waals surface area (Å²) in [7, 11) is 0. The number of carbonyl (C=O) groups is 2. The van der Waals surface area contributed by atoms with Gasteiger partial charge in [0.25, 0.3) is 5.91 Å². The zero-order valence-corrected chi connectivity index (χ0v) is 14.5. The Morgan fingerprint density at radius 1 is 1.11 bits per heavy atom. The fourth-order valence-electron chi connectivity index (χ4n) is 2.54. The molecule has 144 valence electrons. The molecule has 2 aromatic rings. The molecule has 2 atom stereocenters. The molecule has 0 unspecified atom stereocenters. The number of aliphatic hydroxyl groups excluding tert-OH is 1. The summed E-state index contributed by atoms with van der Waals surface area (Å²) in [5.41, 5.74) is 6.11. The van der Waals surface area contributed by atoms with E-state index < -0.39 is 35.7 Å². The molecule has 0 fully saturated rings. The number of primary amides is 1. The van der Waals surface area contributed by atoms with Gasteiger partial charge >= 0.3 is 6.18 Å². The molecule has 2 rings (SSSR count). The summed E-state index contributed by atoms with van der Waals surface area (Å²) < 4.78 is 37.8. The predicted molar refractivity (Wildman–Crippen MR) is 92.4 cm³/mol. The molecule has 0 aliphatic rings. The molecule has 4 N–H and O–H groups in total. The molecule has 0 radical (unpaired) electrons. The lowest BCUT2D eigenvalue weighted by Crippen LogP contribution is -2.47. The van der Waals surface area contributed by atoms with Crippen LogP contribution in [0.25, 0.3) is 0 Å². The van der Waals surface area contributed by atoms with Crippen molar-refractivity contribution in [2.75, 3.05) is 0 Å². The van der Waals surface area contributed by atoms with Crippen LogP contribution in [0, 0.1) is 6.92 Å². The number of rotatable bonds is 6. The van der Waals surface area contributed by atoms with Gasteiger partial charge in [-0.2, -0.15) is 13.2 Å². The fourth-order valence-corrected chi connectivity index (χ4v) is 2.54. The van der Waals surface area contributed by atoms with Gasteiger partial charge in [0.15, 0.2) is 6.10 Å². The highest BCUT2D eigenvalue weighted by atomic mass is 19.4. The normalized spacial score (nSPS) is 13.7. The number of carbonyl (C=O) groups excluding carboxylic acids is 2. The predicted octanol–water partition coefficient (Wildman–Crippen LogP) is 2.26. The van der Waals surface area contributed by atoms with Gasteiger partial charge in [0.1, 0.15) is 6.04 Å². The molecule has 2 aromatic carbocycles. The molecule has 0 saturated carbocycles. The molecule has 27 heavy (non-hydrogen) atoms. The van der Waals surface area contributed by atoms with E-state index in [0.717, 1.165) is 35.4 Å². The Balaban J connectivity index is 2.10. The van der Waals surface area contributed by atoms with Crippen molar-refractivity contribution in [1.29, 1.82) is 0 Å². The van der Waals surface area contributed by atoms with Crippen LogP contribution in [0.15, 0.2) is 48.5 Å². The van der Waals surface area contributed by atoms with Crippen molar-refractivity contribution < 1.29 is 27.9 Å². The molecule has 0 bridgehead atoms. The van der Waals surface area contributed by atoms with Crippen LogP contribution in [0.2, 0.25) is 0 Å². The molecule has 8 heteroatoms. The third-order valence-corrected chi connectivity index (χ3v) is 4.15. The number of amides is 2. The maximum absolute atomic E-state index is 12.6. The average molecular weight is 380 g/mol. The first-order chi connectivity index (χ1) is 12.6. The molecule has 0 aliphatic heterocycles. The van der Waals surface area contributed by atoms with Crippen molar-refractivity contribution in [3.05, 3.63) is 70.8 Å². The largest absolute Gasteiger partial charge is 0.416 e. The second-order valence-electron chi connectivity index (χ2n) is 6.12. The summed E-state index contributed by atoms with van der Waals surface area (Å²) in [6.45, 7) is 1.84. The van der Waals surface area contributed by atoms with Gasteiger partial charge in [0.05, 0.1) is 5.56 Å². The first kappa shape index (κ1) is 20.4. The number of halogens is 3. The van der Waals surface area contributed by atoms with E-state index in [-0.39, 0.29) is 12.0 Å². The van der Waals surface area contributed by atoms with E-state index >= 15 is 0 Å². The van der Waals surface area contributed by atoms with E-state index in [2.05, 4.69) is 5.32 Å². The van der Waals surface area contributed by atoms with Crippen molar-refractivity contribution in [3.8, 4) is 0 Å². The molecular formula is C19H19F3N2O3. The molecule has 5 nitrogen and oxygen atoms in total. The van der Waals surface area contributed by atoms with Gasteiger partial charge in [-0.3, -0.25) is 9.59 Å². The highest BCUT2D eigenvalue weighted by Gasteiger charge is 2.31. The van der Waals surface area contributed by atoms with E-state index in [1.807, 2.05) is 19.1 Å². The van der Waals surface area contributed by atoms with Crippen LogP contribution in [-0.4, -0.2) is 23.0 Å². The lowest BCUT2D eigenvalue weighted by atomic mass is 10.00. The summed E-state index contributed by atoms with van der Waals surface area (Å²) in [6.07, 6.45) is -6.12. The Morgan fingerprint density at radius 2 is 1.70 bits per heavy atom. The SMILES string of the molecule is Cc1ccccc1C[C@H](NC(=O)[C@@H](O)c1ccc(C(F)(F)F)cc1)C(N)=O. The highest BCUT2D eigenvalue weighted by Crippen LogP contribution is 2.30. The standard InChI is InChI=1S/C19H19F3N2O3/c1-11-4-2-3-5-13(11)10-15(17(23)26)24-18(27)16(25)12-6-8-14(9-7-12)19(20,21)22/h2-9,15-16,25H,10H2,1H3,(H2,23,26)(H,24,27)/t15-,16-/m0/s1. The van der Waals surface area contributed by atoms with Gasteiger partial charge in [0, 0.05) is 6.42 Å². The quantitative estimate of drug-likeness (QED) is 0.718. The number of hydrogen-bond acceptors (Lipinski definition) is 3. The van der Waals surface area contributed by atoms with Crippen molar-refractivity contribution in [1.82, 2.24) is 5.32 Å². The van der Waals surface area contributed by atoms with E-state index in [4.69, 9.17) is 5.73 Å². The van der Waals surface area contributed by atoms with Crippen molar-refractivity contribution in [2.45, 2.75) is 31.7 Å². The Bertz CT molecular complexity index is 820. The maximum atomic E-state index is 12.6. The lowest BCUT2D eigenvalue weighted by Gasteiger charge is -2.19. The number of alkyl halides is 3. The van der Waals surface area contributed by atoms with Gasteiger partial charge in [-0.1, -0.05) is 36.4 Å². The van der Waals surface area contributed by atoms with Crippen molar-refractivity contribution in [2.24, 2.45) is 5.73 Å². The third kappa shape index (κ3) is 5.30. The summed E-state index contributed by atoms with van der Waals surface area (Å²) in [5.74, 6) is -1.71. The smallest absolute Gasteiger partial charge is 0.378 e. The molecule has 0 saturated heterocycles. The number of nitrogens with one attached hydrogen (secondary N) is 1. The molecule has 2 amide bonds. The molecule has 0 aromatic heterocycles. The van der Waals surface area contributed by atoms with Crippen LogP contribution < -0.4 is 11.1 Å². The van der Waals surface area contributed by atoms with E-state index in [1.54, 1.807) is 12.1 Å². The van der Waals surface area contributed by atoms with Gasteiger partial charge in [-0.05, 0) is 35.7 Å². The van der Waals surface area contributed by atoms with Gasteiger partial charge in [-0.25, -0.2) is 0 Å². The molecule has 0 aliphatic carbocycles. The second kappa shape index (κ2) is 8.22. The zero-order chi connectivity index (χ0) is 20.2. The van der Waals surface area contributed by atoms with Gasteiger partial charge in [0.2, 0.25) is 5.91 Å². The lowest BCUT2D eigenvalue weighted by molar-refractivity contribution is -0.137. The van der Waals surface area contributed by atoms with Gasteiger partial charge < -0.3 is 16.2 Å². The Hall–Kier alpha value is -2.87. The van der Waals surface area contributed by atoms with Crippen LogP contribution in [0.1, 0.15) is 28.4 Å². The monoisotopic (exact) mass is 380 g/mol. The molecule has 0 spiro atoms. The average Bonchev–Trinajstić information content (AvgIpc) is 2.61. The number of aryl methyl sites for hydroxylation is 1. The third-order valence-electron chi connectivity index (χ3n) is 4.15. The van der Waals surface area contributed by atoms with Crippen LogP contribution in [0.4, 0.5) is 13.2 Å². The first-order valence-corrected chi connectivity index (χ1v) is 8.09. The van der Waals surface area contributed by atoms with Crippen molar-refractivity contribution >= 4 is 11.8 Å². The Labute approximate surface area is 154 Å². The van der Waals surface area contributed by atoms with Crippen LogP contribution in [-0.2, 0) is 22.2 Å². The summed E-state index contributed by atoms with van der Waals surface area (Å²) in [5, 5.41) is 12.4. The van der Waals surface area contributed by atoms with Gasteiger partial charge in [-0.15, -0.1) is 0 Å². The second-order valence-corrected chi connectivity index (χ2v) is 6.12. The van der Waals surface area contributed by atoms with E-state index in [0.29, 0.717) is 0 Å². The van der Waals surface area contributed by atoms with Crippen LogP contribution in [0.5, 0.6) is 0 Å². The summed E-state index contributed by atoms with van der Waals surface area (Å²) in [4.78, 5) is 23.9. The first-order valence-electron chi connectivity index (χ1n) is 8.09.